The van der Waals surface area contributed by atoms with Gasteiger partial charge in [-0.3, -0.25) is 4.79 Å². The van der Waals surface area contributed by atoms with Crippen LogP contribution < -0.4 is 5.32 Å². The highest BCUT2D eigenvalue weighted by molar-refractivity contribution is 7.19. The molecule has 0 amide bonds. The fourth-order valence-electron chi connectivity index (χ4n) is 3.66. The van der Waals surface area contributed by atoms with Gasteiger partial charge in [0.05, 0.1) is 22.6 Å². The van der Waals surface area contributed by atoms with E-state index in [4.69, 9.17) is 4.74 Å². The fourth-order valence-corrected chi connectivity index (χ4v) is 5.52. The first-order chi connectivity index (χ1) is 13.7. The van der Waals surface area contributed by atoms with Gasteiger partial charge in [0.2, 0.25) is 0 Å². The lowest BCUT2D eigenvalue weighted by Crippen LogP contribution is -2.23. The summed E-state index contributed by atoms with van der Waals surface area (Å²) >= 11 is 3.02. The molecule has 1 aromatic carbocycles. The standard InChI is InChI=1S/C19H17N5O2S2/c1-2-26-19(25)10-3-5-12-14(7-10)27-18-16(12)17(20-9-21-18)22-11-4-6-13-15(8-11)28-24-23-13/h4,6,8-10H,2-3,5,7H2,1H3,(H,20,21,22)/t10-/m0/s1. The van der Waals surface area contributed by atoms with Crippen LogP contribution in [0.3, 0.4) is 0 Å². The summed E-state index contributed by atoms with van der Waals surface area (Å²) in [7, 11) is 0. The van der Waals surface area contributed by atoms with E-state index in [0.29, 0.717) is 13.0 Å². The third-order valence-electron chi connectivity index (χ3n) is 4.98. The van der Waals surface area contributed by atoms with Crippen LogP contribution in [-0.2, 0) is 22.4 Å². The maximum absolute atomic E-state index is 12.1. The van der Waals surface area contributed by atoms with E-state index in [0.717, 1.165) is 44.8 Å². The summed E-state index contributed by atoms with van der Waals surface area (Å²) in [6, 6.07) is 5.96. The zero-order valence-corrected chi connectivity index (χ0v) is 16.8. The molecule has 7 nitrogen and oxygen atoms in total. The number of ether oxygens (including phenoxy) is 1. The Bertz CT molecular complexity index is 1190. The Morgan fingerprint density at radius 1 is 1.36 bits per heavy atom. The van der Waals surface area contributed by atoms with Crippen LogP contribution in [0.25, 0.3) is 20.4 Å². The van der Waals surface area contributed by atoms with Crippen LogP contribution in [0.15, 0.2) is 24.5 Å². The average molecular weight is 412 g/mol. The van der Waals surface area contributed by atoms with Crippen molar-refractivity contribution < 1.29 is 9.53 Å². The number of thiophene rings is 1. The van der Waals surface area contributed by atoms with Gasteiger partial charge in [0.25, 0.3) is 0 Å². The monoisotopic (exact) mass is 411 g/mol. The molecule has 0 saturated carbocycles. The smallest absolute Gasteiger partial charge is 0.309 e. The van der Waals surface area contributed by atoms with Crippen molar-refractivity contribution in [3.8, 4) is 0 Å². The Labute approximate surface area is 168 Å². The highest BCUT2D eigenvalue weighted by atomic mass is 32.1. The molecule has 0 saturated heterocycles. The van der Waals surface area contributed by atoms with Crippen LogP contribution in [0.1, 0.15) is 23.8 Å². The minimum Gasteiger partial charge on any atom is -0.466 e. The number of aryl methyl sites for hydroxylation is 1. The van der Waals surface area contributed by atoms with Gasteiger partial charge in [0, 0.05) is 10.6 Å². The molecule has 1 aliphatic carbocycles. The van der Waals surface area contributed by atoms with Gasteiger partial charge in [0.1, 0.15) is 22.5 Å². The molecule has 0 radical (unpaired) electrons. The maximum Gasteiger partial charge on any atom is 0.309 e. The van der Waals surface area contributed by atoms with Crippen molar-refractivity contribution in [1.82, 2.24) is 19.6 Å². The summed E-state index contributed by atoms with van der Waals surface area (Å²) in [6.07, 6.45) is 3.93. The molecule has 0 fully saturated rings. The second-order valence-electron chi connectivity index (χ2n) is 6.68. The highest BCUT2D eigenvalue weighted by Crippen LogP contribution is 2.40. The molecule has 4 aromatic rings. The van der Waals surface area contributed by atoms with E-state index >= 15 is 0 Å². The van der Waals surface area contributed by atoms with E-state index in [9.17, 15) is 4.79 Å². The topological polar surface area (TPSA) is 89.9 Å². The summed E-state index contributed by atoms with van der Waals surface area (Å²) in [5, 5.41) is 8.58. The lowest BCUT2D eigenvalue weighted by Gasteiger charge is -2.20. The first-order valence-corrected chi connectivity index (χ1v) is 10.7. The fraction of sp³-hybridized carbons (Fsp3) is 0.316. The molecule has 1 aliphatic rings. The number of carbonyl (C=O) groups is 1. The van der Waals surface area contributed by atoms with Crippen LogP contribution in [0.2, 0.25) is 0 Å². The molecule has 0 unspecified atom stereocenters. The molecule has 9 heteroatoms. The van der Waals surface area contributed by atoms with Crippen LogP contribution in [0.4, 0.5) is 11.5 Å². The van der Waals surface area contributed by atoms with Gasteiger partial charge in [-0.25, -0.2) is 9.97 Å². The number of fused-ring (bicyclic) bond motifs is 4. The van der Waals surface area contributed by atoms with E-state index < -0.39 is 0 Å². The predicted molar refractivity (Wildman–Crippen MR) is 110 cm³/mol. The highest BCUT2D eigenvalue weighted by Gasteiger charge is 2.29. The van der Waals surface area contributed by atoms with Crippen molar-refractivity contribution in [2.45, 2.75) is 26.2 Å². The molecule has 0 spiro atoms. The first-order valence-electron chi connectivity index (χ1n) is 9.14. The van der Waals surface area contributed by atoms with E-state index in [1.807, 2.05) is 25.1 Å². The average Bonchev–Trinajstić information content (AvgIpc) is 3.31. The van der Waals surface area contributed by atoms with Gasteiger partial charge in [0.15, 0.2) is 0 Å². The van der Waals surface area contributed by atoms with E-state index in [-0.39, 0.29) is 11.9 Å². The number of nitrogens with one attached hydrogen (secondary N) is 1. The Morgan fingerprint density at radius 3 is 3.18 bits per heavy atom. The zero-order chi connectivity index (χ0) is 19.1. The minimum atomic E-state index is -0.0958. The van der Waals surface area contributed by atoms with Crippen LogP contribution in [-0.4, -0.2) is 32.1 Å². The Morgan fingerprint density at radius 2 is 2.29 bits per heavy atom. The molecule has 3 heterocycles. The number of benzene rings is 1. The zero-order valence-electron chi connectivity index (χ0n) is 15.1. The molecule has 28 heavy (non-hydrogen) atoms. The molecule has 1 N–H and O–H groups in total. The van der Waals surface area contributed by atoms with Crippen molar-refractivity contribution in [1.29, 1.82) is 0 Å². The van der Waals surface area contributed by atoms with Gasteiger partial charge >= 0.3 is 5.97 Å². The van der Waals surface area contributed by atoms with Gasteiger partial charge in [-0.2, -0.15) is 0 Å². The van der Waals surface area contributed by atoms with E-state index in [2.05, 4.69) is 24.9 Å². The van der Waals surface area contributed by atoms with Crippen LogP contribution >= 0.6 is 22.9 Å². The number of rotatable bonds is 4. The minimum absolute atomic E-state index is 0.0638. The van der Waals surface area contributed by atoms with Crippen LogP contribution in [0, 0.1) is 5.92 Å². The van der Waals surface area contributed by atoms with Crippen LogP contribution in [0.5, 0.6) is 0 Å². The summed E-state index contributed by atoms with van der Waals surface area (Å²) in [5.74, 6) is 0.640. The SMILES string of the molecule is CCOC(=O)[C@H]1CCc2c(sc3ncnc(Nc4ccc5nnsc5c4)c23)C1. The maximum atomic E-state index is 12.1. The molecule has 0 bridgehead atoms. The van der Waals surface area contributed by atoms with Crippen molar-refractivity contribution in [3.05, 3.63) is 35.0 Å². The number of hydrogen-bond donors (Lipinski definition) is 1. The third-order valence-corrected chi connectivity index (χ3v) is 6.82. The van der Waals surface area contributed by atoms with Crippen molar-refractivity contribution in [3.63, 3.8) is 0 Å². The Kier molecular flexibility index (Phi) is 4.40. The quantitative estimate of drug-likeness (QED) is 0.506. The Hall–Kier alpha value is -2.65. The second kappa shape index (κ2) is 7.06. The summed E-state index contributed by atoms with van der Waals surface area (Å²) in [4.78, 5) is 23.3. The van der Waals surface area contributed by atoms with Gasteiger partial charge in [-0.1, -0.05) is 4.49 Å². The number of nitrogens with zero attached hydrogens (tertiary/aromatic N) is 4. The number of esters is 1. The number of aromatic nitrogens is 4. The number of carbonyl (C=O) groups excluding carboxylic acids is 1. The van der Waals surface area contributed by atoms with E-state index in [1.54, 1.807) is 17.7 Å². The summed E-state index contributed by atoms with van der Waals surface area (Å²) in [6.45, 7) is 2.27. The summed E-state index contributed by atoms with van der Waals surface area (Å²) < 4.78 is 10.2. The normalized spacial score (nSPS) is 16.2. The predicted octanol–water partition coefficient (Wildman–Crippen LogP) is 4.11. The van der Waals surface area contributed by atoms with E-state index in [1.165, 1.54) is 22.0 Å². The largest absolute Gasteiger partial charge is 0.466 e. The van der Waals surface area contributed by atoms with Crippen molar-refractivity contribution in [2.75, 3.05) is 11.9 Å². The Balaban J connectivity index is 1.50. The molecule has 3 aromatic heterocycles. The molecular formula is C19H17N5O2S2. The molecule has 5 rings (SSSR count). The van der Waals surface area contributed by atoms with Gasteiger partial charge in [-0.15, -0.1) is 16.4 Å². The number of anilines is 2. The van der Waals surface area contributed by atoms with Crippen molar-refractivity contribution in [2.24, 2.45) is 5.92 Å². The molecule has 1 atom stereocenters. The molecule has 142 valence electrons. The lowest BCUT2D eigenvalue weighted by atomic mass is 9.88. The summed E-state index contributed by atoms with van der Waals surface area (Å²) in [5.41, 5.74) is 3.09. The third kappa shape index (κ3) is 3.00. The van der Waals surface area contributed by atoms with Gasteiger partial charge < -0.3 is 10.1 Å². The molecule has 0 aliphatic heterocycles. The lowest BCUT2D eigenvalue weighted by molar-refractivity contribution is -0.148. The second-order valence-corrected chi connectivity index (χ2v) is 8.55. The number of hydrogen-bond acceptors (Lipinski definition) is 9. The molecular weight excluding hydrogens is 394 g/mol. The van der Waals surface area contributed by atoms with Gasteiger partial charge in [-0.05, 0) is 61.5 Å². The first kappa shape index (κ1) is 17.4. The van der Waals surface area contributed by atoms with Crippen molar-refractivity contribution >= 4 is 60.8 Å².